The largest absolute Gasteiger partial charge is 0.396 e. The van der Waals surface area contributed by atoms with Crippen LogP contribution in [0, 0.1) is 21.7 Å². The summed E-state index contributed by atoms with van der Waals surface area (Å²) in [7, 11) is 0. The van der Waals surface area contributed by atoms with Crippen LogP contribution in [0.2, 0.25) is 0 Å². The van der Waals surface area contributed by atoms with Gasteiger partial charge in [-0.2, -0.15) is 0 Å². The van der Waals surface area contributed by atoms with Crippen LogP contribution in [0.5, 0.6) is 0 Å². The summed E-state index contributed by atoms with van der Waals surface area (Å²) in [6, 6.07) is 0.958. The van der Waals surface area contributed by atoms with E-state index in [0.29, 0.717) is 12.1 Å². The Bertz CT molecular complexity index is 479. The first kappa shape index (κ1) is 14.0. The molecule has 1 aromatic rings. The van der Waals surface area contributed by atoms with E-state index in [1.165, 1.54) is 0 Å². The molecule has 0 aliphatic carbocycles. The minimum Gasteiger partial charge on any atom is -0.396 e. The molecule has 0 fully saturated rings. The summed E-state index contributed by atoms with van der Waals surface area (Å²) in [6.07, 6.45) is 0.0207. The molecule has 0 aliphatic heterocycles. The molecule has 1 rings (SSSR count). The maximum absolute atomic E-state index is 13.3. The van der Waals surface area contributed by atoms with Crippen molar-refractivity contribution in [2.75, 3.05) is 11.9 Å². The van der Waals surface area contributed by atoms with Gasteiger partial charge in [-0.3, -0.25) is 14.9 Å². The molecule has 98 valence electrons. The molecule has 6 nitrogen and oxygen atoms in total. The van der Waals surface area contributed by atoms with Crippen LogP contribution in [-0.4, -0.2) is 22.5 Å². The molecule has 0 saturated carbocycles. The third-order valence-electron chi connectivity index (χ3n) is 2.06. The summed E-state index contributed by atoms with van der Waals surface area (Å²) in [5.74, 6) is -3.02. The van der Waals surface area contributed by atoms with Gasteiger partial charge in [0, 0.05) is 19.1 Å². The fourth-order valence-electron chi connectivity index (χ4n) is 1.27. The molecule has 0 aliphatic rings. The highest BCUT2D eigenvalue weighted by atomic mass is 19.1. The van der Waals surface area contributed by atoms with Crippen molar-refractivity contribution < 1.29 is 23.6 Å². The second-order valence-corrected chi connectivity index (χ2v) is 3.41. The molecule has 0 atom stereocenters. The number of anilines is 1. The van der Waals surface area contributed by atoms with Gasteiger partial charge in [-0.1, -0.05) is 0 Å². The first-order valence-corrected chi connectivity index (χ1v) is 5.00. The SMILES string of the molecule is O=C(CCCO)Nc1c(F)cc(F)cc1[N+](=O)[O-]. The zero-order valence-corrected chi connectivity index (χ0v) is 9.15. The smallest absolute Gasteiger partial charge is 0.298 e. The molecule has 0 aromatic heterocycles. The lowest BCUT2D eigenvalue weighted by Gasteiger charge is -2.06. The van der Waals surface area contributed by atoms with Crippen molar-refractivity contribution in [2.45, 2.75) is 12.8 Å². The Morgan fingerprint density at radius 3 is 2.67 bits per heavy atom. The number of nitrogens with zero attached hydrogens (tertiary/aromatic N) is 1. The molecule has 0 saturated heterocycles. The Labute approximate surface area is 100 Å². The minimum absolute atomic E-state index is 0.121. The van der Waals surface area contributed by atoms with Crippen molar-refractivity contribution in [3.63, 3.8) is 0 Å². The van der Waals surface area contributed by atoms with Crippen LogP contribution in [0.3, 0.4) is 0 Å². The Hall–Kier alpha value is -2.09. The van der Waals surface area contributed by atoms with E-state index in [1.807, 2.05) is 5.32 Å². The van der Waals surface area contributed by atoms with Crippen LogP contribution in [-0.2, 0) is 4.79 Å². The van der Waals surface area contributed by atoms with Gasteiger partial charge in [-0.05, 0) is 6.42 Å². The van der Waals surface area contributed by atoms with Crippen LogP contribution in [0.1, 0.15) is 12.8 Å². The van der Waals surface area contributed by atoms with Crippen molar-refractivity contribution in [2.24, 2.45) is 0 Å². The summed E-state index contributed by atoms with van der Waals surface area (Å²) in [5, 5.41) is 21.1. The number of aliphatic hydroxyl groups excluding tert-OH is 1. The zero-order chi connectivity index (χ0) is 13.7. The predicted molar refractivity (Wildman–Crippen MR) is 58.0 cm³/mol. The second-order valence-electron chi connectivity index (χ2n) is 3.41. The summed E-state index contributed by atoms with van der Waals surface area (Å²) in [5.41, 5.74) is -1.53. The summed E-state index contributed by atoms with van der Waals surface area (Å²) < 4.78 is 26.2. The first-order valence-electron chi connectivity index (χ1n) is 5.00. The second kappa shape index (κ2) is 6.01. The van der Waals surface area contributed by atoms with E-state index in [2.05, 4.69) is 0 Å². The molecule has 2 N–H and O–H groups in total. The fourth-order valence-corrected chi connectivity index (χ4v) is 1.27. The standard InChI is InChI=1S/C10H10F2N2O4/c11-6-4-7(12)10(8(5-6)14(17)18)13-9(16)2-1-3-15/h4-5,15H,1-3H2,(H,13,16). The molecule has 0 heterocycles. The third-order valence-corrected chi connectivity index (χ3v) is 2.06. The molecule has 18 heavy (non-hydrogen) atoms. The molecule has 0 bridgehead atoms. The van der Waals surface area contributed by atoms with Gasteiger partial charge < -0.3 is 10.4 Å². The van der Waals surface area contributed by atoms with Crippen LogP contribution in [0.4, 0.5) is 20.2 Å². The highest BCUT2D eigenvalue weighted by molar-refractivity contribution is 5.93. The van der Waals surface area contributed by atoms with Crippen molar-refractivity contribution in [1.82, 2.24) is 0 Å². The van der Waals surface area contributed by atoms with E-state index in [9.17, 15) is 23.7 Å². The number of carbonyl (C=O) groups is 1. The van der Waals surface area contributed by atoms with E-state index in [-0.39, 0.29) is 19.4 Å². The van der Waals surface area contributed by atoms with Gasteiger partial charge in [-0.25, -0.2) is 8.78 Å². The Morgan fingerprint density at radius 1 is 1.44 bits per heavy atom. The number of carbonyl (C=O) groups excluding carboxylic acids is 1. The molecule has 0 unspecified atom stereocenters. The quantitative estimate of drug-likeness (QED) is 0.621. The number of hydrogen-bond acceptors (Lipinski definition) is 4. The third kappa shape index (κ3) is 3.45. The van der Waals surface area contributed by atoms with Crippen LogP contribution in [0.15, 0.2) is 12.1 Å². The fraction of sp³-hybridized carbons (Fsp3) is 0.300. The number of nitro groups is 1. The first-order chi connectivity index (χ1) is 8.45. The number of halogens is 2. The van der Waals surface area contributed by atoms with Crippen LogP contribution < -0.4 is 5.32 Å². The average Bonchev–Trinajstić information content (AvgIpc) is 2.29. The van der Waals surface area contributed by atoms with E-state index in [0.717, 1.165) is 0 Å². The van der Waals surface area contributed by atoms with Gasteiger partial charge in [0.25, 0.3) is 5.69 Å². The number of nitrogens with one attached hydrogen (secondary N) is 1. The monoisotopic (exact) mass is 260 g/mol. The van der Waals surface area contributed by atoms with Crippen molar-refractivity contribution in [1.29, 1.82) is 0 Å². The number of hydrogen-bond donors (Lipinski definition) is 2. The number of aliphatic hydroxyl groups is 1. The highest BCUT2D eigenvalue weighted by Gasteiger charge is 2.21. The summed E-state index contributed by atoms with van der Waals surface area (Å²) in [6.45, 7) is -0.235. The van der Waals surface area contributed by atoms with E-state index >= 15 is 0 Å². The lowest BCUT2D eigenvalue weighted by molar-refractivity contribution is -0.384. The number of nitro benzene ring substituents is 1. The Kier molecular flexibility index (Phi) is 4.67. The van der Waals surface area contributed by atoms with Gasteiger partial charge in [0.1, 0.15) is 5.82 Å². The van der Waals surface area contributed by atoms with Crippen molar-refractivity contribution in [3.05, 3.63) is 33.9 Å². The van der Waals surface area contributed by atoms with E-state index in [1.54, 1.807) is 0 Å². The Morgan fingerprint density at radius 2 is 2.11 bits per heavy atom. The van der Waals surface area contributed by atoms with Gasteiger partial charge in [-0.15, -0.1) is 0 Å². The highest BCUT2D eigenvalue weighted by Crippen LogP contribution is 2.28. The normalized spacial score (nSPS) is 10.2. The Balaban J connectivity index is 3.00. The molecular weight excluding hydrogens is 250 g/mol. The van der Waals surface area contributed by atoms with Gasteiger partial charge >= 0.3 is 0 Å². The molecule has 1 aromatic carbocycles. The molecular formula is C10H10F2N2O4. The van der Waals surface area contributed by atoms with Crippen LogP contribution >= 0.6 is 0 Å². The topological polar surface area (TPSA) is 92.5 Å². The van der Waals surface area contributed by atoms with Gasteiger partial charge in [0.05, 0.1) is 11.0 Å². The van der Waals surface area contributed by atoms with E-state index < -0.39 is 33.8 Å². The summed E-state index contributed by atoms with van der Waals surface area (Å²) >= 11 is 0. The lowest BCUT2D eigenvalue weighted by Crippen LogP contribution is -2.14. The maximum Gasteiger partial charge on any atom is 0.298 e. The maximum atomic E-state index is 13.3. The lowest BCUT2D eigenvalue weighted by atomic mass is 10.2. The van der Waals surface area contributed by atoms with Crippen molar-refractivity contribution >= 4 is 17.3 Å². The number of rotatable bonds is 5. The zero-order valence-electron chi connectivity index (χ0n) is 9.15. The van der Waals surface area contributed by atoms with Gasteiger partial charge in [0.2, 0.25) is 5.91 Å². The van der Waals surface area contributed by atoms with E-state index in [4.69, 9.17) is 5.11 Å². The molecule has 8 heteroatoms. The molecule has 1 amide bonds. The van der Waals surface area contributed by atoms with Crippen LogP contribution in [0.25, 0.3) is 0 Å². The number of amides is 1. The average molecular weight is 260 g/mol. The minimum atomic E-state index is -1.22. The predicted octanol–water partition coefficient (Wildman–Crippen LogP) is 1.58. The van der Waals surface area contributed by atoms with Gasteiger partial charge in [0.15, 0.2) is 11.5 Å². The number of benzene rings is 1. The van der Waals surface area contributed by atoms with Crippen molar-refractivity contribution in [3.8, 4) is 0 Å². The molecule has 0 spiro atoms. The molecule has 0 radical (unpaired) electrons. The summed E-state index contributed by atoms with van der Waals surface area (Å²) in [4.78, 5) is 20.9.